The van der Waals surface area contributed by atoms with Crippen molar-refractivity contribution >= 4 is 23.2 Å². The molecule has 0 saturated carbocycles. The van der Waals surface area contributed by atoms with Gasteiger partial charge in [-0.25, -0.2) is 0 Å². The lowest BCUT2D eigenvalue weighted by atomic mass is 10.0. The lowest BCUT2D eigenvalue weighted by Crippen LogP contribution is -2.07. The molecule has 0 fully saturated rings. The number of hydrogen-bond donors (Lipinski definition) is 2. The number of fused-ring (bicyclic) bond motifs is 1. The molecule has 74 valence electrons. The van der Waals surface area contributed by atoms with Crippen LogP contribution in [0.25, 0.3) is 0 Å². The van der Waals surface area contributed by atoms with Gasteiger partial charge in [-0.05, 0) is 18.6 Å². The van der Waals surface area contributed by atoms with Crippen LogP contribution in [0.3, 0.4) is 0 Å². The first-order chi connectivity index (χ1) is 6.61. The molecule has 1 aliphatic heterocycles. The Bertz CT molecular complexity index is 390. The molecule has 1 aromatic rings. The van der Waals surface area contributed by atoms with Gasteiger partial charge in [0.2, 0.25) is 5.91 Å². The third kappa shape index (κ3) is 1.29. The largest absolute Gasteiger partial charge is 0.389 e. The summed E-state index contributed by atoms with van der Waals surface area (Å²) in [5.74, 6) is -0.227. The van der Waals surface area contributed by atoms with Gasteiger partial charge in [-0.1, -0.05) is 12.1 Å². The average Bonchev–Trinajstić information content (AvgIpc) is 2.43. The standard InChI is InChI=1S/C10H10ClNO2/c1-5(13)6-3-2-4-7-8(6)9(11)10(14)12-7/h2-5,9,13H,1H3,(H,12,14). The van der Waals surface area contributed by atoms with E-state index in [1.807, 2.05) is 0 Å². The van der Waals surface area contributed by atoms with Gasteiger partial charge in [0.15, 0.2) is 0 Å². The normalized spacial score (nSPS) is 21.6. The molecule has 2 unspecified atom stereocenters. The van der Waals surface area contributed by atoms with E-state index < -0.39 is 11.5 Å². The van der Waals surface area contributed by atoms with Crippen molar-refractivity contribution < 1.29 is 9.90 Å². The van der Waals surface area contributed by atoms with Gasteiger partial charge in [0.05, 0.1) is 6.10 Å². The maximum absolute atomic E-state index is 11.3. The van der Waals surface area contributed by atoms with Crippen LogP contribution in [0.4, 0.5) is 5.69 Å². The third-order valence-corrected chi connectivity index (χ3v) is 2.75. The molecule has 0 saturated heterocycles. The van der Waals surface area contributed by atoms with Gasteiger partial charge in [0.25, 0.3) is 0 Å². The van der Waals surface area contributed by atoms with Crippen LogP contribution in [0.1, 0.15) is 29.5 Å². The Balaban J connectivity index is 2.58. The number of nitrogens with one attached hydrogen (secondary N) is 1. The van der Waals surface area contributed by atoms with E-state index in [2.05, 4.69) is 5.32 Å². The van der Waals surface area contributed by atoms with Crippen molar-refractivity contribution in [2.75, 3.05) is 5.32 Å². The SMILES string of the molecule is CC(O)c1cccc2c1C(Cl)C(=O)N2. The van der Waals surface area contributed by atoms with E-state index in [0.717, 1.165) is 0 Å². The zero-order chi connectivity index (χ0) is 10.3. The molecule has 2 atom stereocenters. The summed E-state index contributed by atoms with van der Waals surface area (Å²) >= 11 is 5.92. The molecule has 0 aromatic heterocycles. The van der Waals surface area contributed by atoms with Gasteiger partial charge in [-0.15, -0.1) is 11.6 Å². The van der Waals surface area contributed by atoms with Crippen molar-refractivity contribution in [3.8, 4) is 0 Å². The molecule has 4 heteroatoms. The summed E-state index contributed by atoms with van der Waals surface area (Å²) in [5, 5.41) is 11.5. The van der Waals surface area contributed by atoms with E-state index in [9.17, 15) is 9.90 Å². The Hall–Kier alpha value is -1.06. The van der Waals surface area contributed by atoms with Gasteiger partial charge in [-0.3, -0.25) is 4.79 Å². The quantitative estimate of drug-likeness (QED) is 0.698. The summed E-state index contributed by atoms with van der Waals surface area (Å²) in [4.78, 5) is 11.3. The maximum atomic E-state index is 11.3. The summed E-state index contributed by atoms with van der Waals surface area (Å²) in [5.41, 5.74) is 2.11. The number of amides is 1. The van der Waals surface area contributed by atoms with Crippen LogP contribution in [-0.4, -0.2) is 11.0 Å². The van der Waals surface area contributed by atoms with Crippen molar-refractivity contribution in [2.45, 2.75) is 18.4 Å². The number of carbonyl (C=O) groups is 1. The fourth-order valence-corrected chi connectivity index (χ4v) is 1.96. The topological polar surface area (TPSA) is 49.3 Å². The molecule has 14 heavy (non-hydrogen) atoms. The van der Waals surface area contributed by atoms with Crippen LogP contribution >= 0.6 is 11.6 Å². The van der Waals surface area contributed by atoms with E-state index in [1.165, 1.54) is 0 Å². The van der Waals surface area contributed by atoms with Crippen LogP contribution in [0.5, 0.6) is 0 Å². The van der Waals surface area contributed by atoms with Crippen molar-refractivity contribution in [2.24, 2.45) is 0 Å². The molecule has 0 aliphatic carbocycles. The Labute approximate surface area is 86.7 Å². The summed E-state index contributed by atoms with van der Waals surface area (Å²) < 4.78 is 0. The molecule has 0 radical (unpaired) electrons. The molecular weight excluding hydrogens is 202 g/mol. The van der Waals surface area contributed by atoms with Crippen LogP contribution in [0.15, 0.2) is 18.2 Å². The fraction of sp³-hybridized carbons (Fsp3) is 0.300. The minimum atomic E-state index is -0.684. The molecule has 1 heterocycles. The van der Waals surface area contributed by atoms with Crippen LogP contribution in [-0.2, 0) is 4.79 Å². The number of rotatable bonds is 1. The molecule has 2 rings (SSSR count). The molecule has 0 bridgehead atoms. The number of benzene rings is 1. The van der Waals surface area contributed by atoms with Crippen molar-refractivity contribution in [1.29, 1.82) is 0 Å². The minimum absolute atomic E-state index is 0.227. The Morgan fingerprint density at radius 1 is 1.57 bits per heavy atom. The summed E-state index contributed by atoms with van der Waals surface area (Å²) in [7, 11) is 0. The second-order valence-electron chi connectivity index (χ2n) is 3.34. The van der Waals surface area contributed by atoms with Gasteiger partial charge >= 0.3 is 0 Å². The van der Waals surface area contributed by atoms with Crippen molar-refractivity contribution in [3.05, 3.63) is 29.3 Å². The highest BCUT2D eigenvalue weighted by molar-refractivity contribution is 6.35. The predicted molar refractivity (Wildman–Crippen MR) is 54.3 cm³/mol. The number of anilines is 1. The van der Waals surface area contributed by atoms with Crippen LogP contribution < -0.4 is 5.32 Å². The fourth-order valence-electron chi connectivity index (χ4n) is 1.67. The third-order valence-electron chi connectivity index (χ3n) is 2.33. The number of halogens is 1. The van der Waals surface area contributed by atoms with Gasteiger partial charge in [0, 0.05) is 11.3 Å². The number of hydrogen-bond acceptors (Lipinski definition) is 2. The summed E-state index contributed by atoms with van der Waals surface area (Å²) in [6, 6.07) is 5.34. The second-order valence-corrected chi connectivity index (χ2v) is 3.77. The van der Waals surface area contributed by atoms with Crippen molar-refractivity contribution in [1.82, 2.24) is 0 Å². The zero-order valence-corrected chi connectivity index (χ0v) is 8.38. The Kier molecular flexibility index (Phi) is 2.21. The second kappa shape index (κ2) is 3.26. The highest BCUT2D eigenvalue weighted by Crippen LogP contribution is 2.39. The molecule has 1 aliphatic rings. The molecule has 0 spiro atoms. The Morgan fingerprint density at radius 2 is 2.29 bits per heavy atom. The molecule has 1 aromatic carbocycles. The summed E-state index contributed by atoms with van der Waals surface area (Å²) in [6.45, 7) is 1.65. The first kappa shape index (κ1) is 9.49. The van der Waals surface area contributed by atoms with E-state index in [1.54, 1.807) is 25.1 Å². The first-order valence-electron chi connectivity index (χ1n) is 4.37. The van der Waals surface area contributed by atoms with E-state index in [0.29, 0.717) is 16.8 Å². The zero-order valence-electron chi connectivity index (χ0n) is 7.62. The van der Waals surface area contributed by atoms with E-state index in [-0.39, 0.29) is 5.91 Å². The molecule has 1 amide bonds. The first-order valence-corrected chi connectivity index (χ1v) is 4.80. The minimum Gasteiger partial charge on any atom is -0.389 e. The lowest BCUT2D eigenvalue weighted by molar-refractivity contribution is -0.115. The predicted octanol–water partition coefficient (Wildman–Crippen LogP) is 1.97. The number of carbonyl (C=O) groups excluding carboxylic acids is 1. The highest BCUT2D eigenvalue weighted by atomic mass is 35.5. The van der Waals surface area contributed by atoms with Gasteiger partial charge in [0.1, 0.15) is 5.38 Å². The smallest absolute Gasteiger partial charge is 0.247 e. The maximum Gasteiger partial charge on any atom is 0.247 e. The summed E-state index contributed by atoms with van der Waals surface area (Å²) in [6.07, 6.45) is -0.612. The lowest BCUT2D eigenvalue weighted by Gasteiger charge is -2.10. The number of aliphatic hydroxyl groups excluding tert-OH is 1. The van der Waals surface area contributed by atoms with Crippen molar-refractivity contribution in [3.63, 3.8) is 0 Å². The highest BCUT2D eigenvalue weighted by Gasteiger charge is 2.31. The van der Waals surface area contributed by atoms with Gasteiger partial charge in [-0.2, -0.15) is 0 Å². The molecule has 2 N–H and O–H groups in total. The Morgan fingerprint density at radius 3 is 2.93 bits per heavy atom. The van der Waals surface area contributed by atoms with E-state index in [4.69, 9.17) is 11.6 Å². The molecule has 3 nitrogen and oxygen atoms in total. The van der Waals surface area contributed by atoms with Crippen LogP contribution in [0, 0.1) is 0 Å². The van der Waals surface area contributed by atoms with Gasteiger partial charge < -0.3 is 10.4 Å². The van der Waals surface area contributed by atoms with E-state index >= 15 is 0 Å². The average molecular weight is 212 g/mol. The van der Waals surface area contributed by atoms with Crippen LogP contribution in [0.2, 0.25) is 0 Å². The molecular formula is C10H10ClNO2. The number of alkyl halides is 1. The monoisotopic (exact) mass is 211 g/mol. The number of aliphatic hydroxyl groups is 1.